The van der Waals surface area contributed by atoms with E-state index in [2.05, 4.69) is 35.4 Å². The van der Waals surface area contributed by atoms with Crippen LogP contribution in [0.5, 0.6) is 0 Å². The van der Waals surface area contributed by atoms with Gasteiger partial charge in [0.15, 0.2) is 5.78 Å². The van der Waals surface area contributed by atoms with Crippen LogP contribution in [0, 0.1) is 0 Å². The van der Waals surface area contributed by atoms with E-state index in [1.54, 1.807) is 0 Å². The molecule has 0 spiro atoms. The smallest absolute Gasteiger partial charge is 0.181 e. The van der Waals surface area contributed by atoms with Gasteiger partial charge in [-0.05, 0) is 43.5 Å². The molecule has 1 aliphatic heterocycles. The highest BCUT2D eigenvalue weighted by Gasteiger charge is 2.25. The van der Waals surface area contributed by atoms with Crippen LogP contribution in [0.1, 0.15) is 35.7 Å². The third-order valence-electron chi connectivity index (χ3n) is 3.80. The van der Waals surface area contributed by atoms with Crippen LogP contribution in [0.25, 0.3) is 10.9 Å². The van der Waals surface area contributed by atoms with Gasteiger partial charge in [-0.2, -0.15) is 0 Å². The maximum Gasteiger partial charge on any atom is 0.181 e. The normalized spacial score (nSPS) is 19.5. The second-order valence-electron chi connectivity index (χ2n) is 4.95. The fourth-order valence-corrected chi connectivity index (χ4v) is 2.69. The molecule has 0 amide bonds. The molecule has 1 saturated heterocycles. The van der Waals surface area contributed by atoms with Crippen molar-refractivity contribution < 1.29 is 4.79 Å². The van der Waals surface area contributed by atoms with Crippen LogP contribution >= 0.6 is 0 Å². The summed E-state index contributed by atoms with van der Waals surface area (Å²) < 4.78 is 0. The van der Waals surface area contributed by atoms with Crippen molar-refractivity contribution in [2.24, 2.45) is 0 Å². The van der Waals surface area contributed by atoms with Crippen molar-refractivity contribution in [1.82, 2.24) is 10.3 Å². The van der Waals surface area contributed by atoms with Gasteiger partial charge < -0.3 is 10.3 Å². The van der Waals surface area contributed by atoms with E-state index in [-0.39, 0.29) is 11.8 Å². The van der Waals surface area contributed by atoms with E-state index in [1.807, 2.05) is 6.20 Å². The number of rotatable bonds is 3. The molecule has 2 heterocycles. The number of benzene rings is 1. The number of hydrogen-bond acceptors (Lipinski definition) is 2. The Bertz CT molecular complexity index is 579. The van der Waals surface area contributed by atoms with Crippen LogP contribution in [0.2, 0.25) is 0 Å². The molecular weight excluding hydrogens is 224 g/mol. The molecule has 94 valence electrons. The SMILES string of the molecule is CCc1ccc2[nH]cc(C(=O)C3CCCN3)c2c1. The van der Waals surface area contributed by atoms with Crippen molar-refractivity contribution in [2.75, 3.05) is 6.54 Å². The van der Waals surface area contributed by atoms with E-state index in [9.17, 15) is 4.79 Å². The number of ketones is 1. The van der Waals surface area contributed by atoms with E-state index in [0.717, 1.165) is 42.3 Å². The summed E-state index contributed by atoms with van der Waals surface area (Å²) in [6.45, 7) is 3.09. The summed E-state index contributed by atoms with van der Waals surface area (Å²) in [7, 11) is 0. The van der Waals surface area contributed by atoms with Gasteiger partial charge in [0.2, 0.25) is 0 Å². The number of fused-ring (bicyclic) bond motifs is 1. The molecule has 1 fully saturated rings. The first kappa shape index (κ1) is 11.5. The van der Waals surface area contributed by atoms with E-state index >= 15 is 0 Å². The van der Waals surface area contributed by atoms with Gasteiger partial charge in [0.1, 0.15) is 0 Å². The average molecular weight is 242 g/mol. The van der Waals surface area contributed by atoms with Crippen LogP contribution in [0.4, 0.5) is 0 Å². The summed E-state index contributed by atoms with van der Waals surface area (Å²) in [5, 5.41) is 4.34. The monoisotopic (exact) mass is 242 g/mol. The lowest BCUT2D eigenvalue weighted by molar-refractivity contribution is 0.0954. The Balaban J connectivity index is 2.02. The van der Waals surface area contributed by atoms with Crippen LogP contribution in [0.15, 0.2) is 24.4 Å². The van der Waals surface area contributed by atoms with E-state index in [4.69, 9.17) is 0 Å². The summed E-state index contributed by atoms with van der Waals surface area (Å²) in [5.74, 6) is 0.229. The first-order valence-corrected chi connectivity index (χ1v) is 6.67. The minimum absolute atomic E-state index is 0.00860. The number of aromatic amines is 1. The number of Topliss-reactive ketones (excluding diaryl/α,β-unsaturated/α-hetero) is 1. The summed E-state index contributed by atoms with van der Waals surface area (Å²) in [5.41, 5.74) is 3.16. The molecule has 1 unspecified atom stereocenters. The van der Waals surface area contributed by atoms with Gasteiger partial charge in [-0.1, -0.05) is 13.0 Å². The lowest BCUT2D eigenvalue weighted by Crippen LogP contribution is -2.30. The fourth-order valence-electron chi connectivity index (χ4n) is 2.69. The van der Waals surface area contributed by atoms with Gasteiger partial charge in [-0.15, -0.1) is 0 Å². The first-order chi connectivity index (χ1) is 8.79. The van der Waals surface area contributed by atoms with Crippen molar-refractivity contribution in [2.45, 2.75) is 32.2 Å². The zero-order chi connectivity index (χ0) is 12.5. The molecular formula is C15H18N2O. The molecule has 0 aliphatic carbocycles. The number of hydrogen-bond donors (Lipinski definition) is 2. The third-order valence-corrected chi connectivity index (χ3v) is 3.80. The molecule has 1 aliphatic rings. The largest absolute Gasteiger partial charge is 0.360 e. The van der Waals surface area contributed by atoms with Crippen LogP contribution in [0.3, 0.4) is 0 Å². The zero-order valence-electron chi connectivity index (χ0n) is 10.6. The van der Waals surface area contributed by atoms with Crippen LogP contribution < -0.4 is 5.32 Å². The Morgan fingerprint density at radius 3 is 3.06 bits per heavy atom. The fraction of sp³-hybridized carbons (Fsp3) is 0.400. The molecule has 0 saturated carbocycles. The molecule has 0 bridgehead atoms. The Morgan fingerprint density at radius 1 is 1.44 bits per heavy atom. The molecule has 2 N–H and O–H groups in total. The number of carbonyl (C=O) groups excluding carboxylic acids is 1. The highest BCUT2D eigenvalue weighted by Crippen LogP contribution is 2.23. The Labute approximate surface area is 107 Å². The van der Waals surface area contributed by atoms with Crippen molar-refractivity contribution in [3.05, 3.63) is 35.5 Å². The molecule has 3 nitrogen and oxygen atoms in total. The van der Waals surface area contributed by atoms with E-state index in [1.165, 1.54) is 5.56 Å². The first-order valence-electron chi connectivity index (χ1n) is 6.67. The second kappa shape index (κ2) is 4.58. The lowest BCUT2D eigenvalue weighted by atomic mass is 10.0. The third kappa shape index (κ3) is 1.85. The summed E-state index contributed by atoms with van der Waals surface area (Å²) in [4.78, 5) is 15.6. The number of H-pyrrole nitrogens is 1. The predicted molar refractivity (Wildman–Crippen MR) is 73.0 cm³/mol. The van der Waals surface area contributed by atoms with Gasteiger partial charge >= 0.3 is 0 Å². The van der Waals surface area contributed by atoms with Gasteiger partial charge in [0, 0.05) is 22.7 Å². The minimum Gasteiger partial charge on any atom is -0.360 e. The van der Waals surface area contributed by atoms with Crippen molar-refractivity contribution in [3.63, 3.8) is 0 Å². The summed E-state index contributed by atoms with van der Waals surface area (Å²) in [6, 6.07) is 6.32. The molecule has 1 aromatic carbocycles. The summed E-state index contributed by atoms with van der Waals surface area (Å²) >= 11 is 0. The zero-order valence-corrected chi connectivity index (χ0v) is 10.6. The number of carbonyl (C=O) groups is 1. The topological polar surface area (TPSA) is 44.9 Å². The quantitative estimate of drug-likeness (QED) is 0.813. The molecule has 1 aromatic heterocycles. The van der Waals surface area contributed by atoms with Crippen LogP contribution in [-0.4, -0.2) is 23.4 Å². The highest BCUT2D eigenvalue weighted by molar-refractivity contribution is 6.10. The van der Waals surface area contributed by atoms with E-state index < -0.39 is 0 Å². The average Bonchev–Trinajstić information content (AvgIpc) is 3.06. The maximum absolute atomic E-state index is 12.4. The number of aryl methyl sites for hydroxylation is 1. The standard InChI is InChI=1S/C15H18N2O/c1-2-10-5-6-13-11(8-10)12(9-17-13)15(18)14-4-3-7-16-14/h5-6,8-9,14,16-17H,2-4,7H2,1H3. The number of nitrogens with one attached hydrogen (secondary N) is 2. The molecule has 0 radical (unpaired) electrons. The Kier molecular flexibility index (Phi) is 2.92. The summed E-state index contributed by atoms with van der Waals surface area (Å²) in [6.07, 6.45) is 4.90. The molecule has 2 aromatic rings. The van der Waals surface area contributed by atoms with Gasteiger partial charge in [0.25, 0.3) is 0 Å². The molecule has 3 heteroatoms. The van der Waals surface area contributed by atoms with Gasteiger partial charge in [-0.25, -0.2) is 0 Å². The van der Waals surface area contributed by atoms with E-state index in [0.29, 0.717) is 0 Å². The Hall–Kier alpha value is -1.61. The van der Waals surface area contributed by atoms with Crippen molar-refractivity contribution in [1.29, 1.82) is 0 Å². The van der Waals surface area contributed by atoms with Crippen LogP contribution in [-0.2, 0) is 6.42 Å². The predicted octanol–water partition coefficient (Wildman–Crippen LogP) is 2.67. The minimum atomic E-state index is 0.00860. The maximum atomic E-state index is 12.4. The molecule has 3 rings (SSSR count). The Morgan fingerprint density at radius 2 is 2.33 bits per heavy atom. The second-order valence-corrected chi connectivity index (χ2v) is 4.95. The number of aromatic nitrogens is 1. The van der Waals surface area contributed by atoms with Gasteiger partial charge in [-0.3, -0.25) is 4.79 Å². The highest BCUT2D eigenvalue weighted by atomic mass is 16.1. The molecule has 18 heavy (non-hydrogen) atoms. The van der Waals surface area contributed by atoms with Gasteiger partial charge in [0.05, 0.1) is 6.04 Å². The lowest BCUT2D eigenvalue weighted by Gasteiger charge is -2.08. The molecule has 1 atom stereocenters. The van der Waals surface area contributed by atoms with Crippen molar-refractivity contribution >= 4 is 16.7 Å². The van der Waals surface area contributed by atoms with Crippen molar-refractivity contribution in [3.8, 4) is 0 Å².